The molecule has 0 atom stereocenters. The summed E-state index contributed by atoms with van der Waals surface area (Å²) >= 11 is 0. The lowest BCUT2D eigenvalue weighted by Gasteiger charge is -2.27. The Kier molecular flexibility index (Phi) is 5.56. The summed E-state index contributed by atoms with van der Waals surface area (Å²) in [6, 6.07) is 10.8. The van der Waals surface area contributed by atoms with E-state index in [2.05, 4.69) is 7.05 Å². The second kappa shape index (κ2) is 8.27. The monoisotopic (exact) mass is 396 g/mol. The molecule has 0 bridgehead atoms. The minimum absolute atomic E-state index is 0.145. The molecular formula is C23H28N2O4+2. The lowest BCUT2D eigenvalue weighted by molar-refractivity contribution is -1.01. The number of benzene rings is 2. The molecule has 0 radical (unpaired) electrons. The second-order valence-corrected chi connectivity index (χ2v) is 7.77. The highest BCUT2D eigenvalue weighted by Gasteiger charge is 2.33. The van der Waals surface area contributed by atoms with Gasteiger partial charge in [-0.1, -0.05) is 12.1 Å². The number of carbonyl (C=O) groups excluding carboxylic acids is 1. The first-order valence-electron chi connectivity index (χ1n) is 10.2. The molecule has 0 aromatic heterocycles. The molecule has 3 N–H and O–H groups in total. The molecule has 2 heterocycles. The van der Waals surface area contributed by atoms with Crippen LogP contribution in [-0.2, 0) is 6.54 Å². The van der Waals surface area contributed by atoms with Crippen LogP contribution in [0.3, 0.4) is 0 Å². The number of phenolic OH excluding ortho intramolecular Hbond substituents is 1. The van der Waals surface area contributed by atoms with Crippen LogP contribution in [0.25, 0.3) is 6.08 Å². The van der Waals surface area contributed by atoms with Crippen molar-refractivity contribution >= 4 is 11.9 Å². The average Bonchev–Trinajstić information content (AvgIpc) is 3.03. The molecule has 6 heteroatoms. The van der Waals surface area contributed by atoms with Crippen molar-refractivity contribution in [2.24, 2.45) is 0 Å². The van der Waals surface area contributed by atoms with Crippen LogP contribution in [0, 0.1) is 0 Å². The topological polar surface area (TPSA) is 64.6 Å². The molecule has 0 amide bonds. The molecule has 0 aliphatic carbocycles. The van der Waals surface area contributed by atoms with Gasteiger partial charge in [0.1, 0.15) is 44.2 Å². The summed E-state index contributed by atoms with van der Waals surface area (Å²) in [4.78, 5) is 15.8. The lowest BCUT2D eigenvalue weighted by Crippen LogP contribution is -3.26. The number of ketones is 1. The molecule has 2 aromatic rings. The number of allylic oxidation sites excluding steroid dienone is 1. The molecular weight excluding hydrogens is 368 g/mol. The number of hydrogen-bond donors (Lipinski definition) is 3. The average molecular weight is 396 g/mol. The van der Waals surface area contributed by atoms with Gasteiger partial charge in [0.05, 0.1) is 24.8 Å². The summed E-state index contributed by atoms with van der Waals surface area (Å²) in [6.45, 7) is 7.50. The van der Waals surface area contributed by atoms with Crippen molar-refractivity contribution in [2.75, 3.05) is 39.8 Å². The Balaban J connectivity index is 1.57. The van der Waals surface area contributed by atoms with Crippen LogP contribution in [0.1, 0.15) is 28.4 Å². The van der Waals surface area contributed by atoms with Crippen molar-refractivity contribution in [3.8, 4) is 17.2 Å². The number of Topliss-reactive ketones (excluding diaryl/α,β-unsaturated/α-hetero) is 1. The molecule has 152 valence electrons. The van der Waals surface area contributed by atoms with Crippen molar-refractivity contribution in [3.05, 3.63) is 58.8 Å². The van der Waals surface area contributed by atoms with E-state index in [0.29, 0.717) is 24.5 Å². The fourth-order valence-electron chi connectivity index (χ4n) is 3.90. The van der Waals surface area contributed by atoms with Crippen molar-refractivity contribution in [1.29, 1.82) is 0 Å². The van der Waals surface area contributed by atoms with E-state index in [4.69, 9.17) is 9.47 Å². The van der Waals surface area contributed by atoms with E-state index in [1.165, 1.54) is 9.80 Å². The van der Waals surface area contributed by atoms with Gasteiger partial charge in [0, 0.05) is 0 Å². The first-order valence-corrected chi connectivity index (χ1v) is 10.2. The van der Waals surface area contributed by atoms with E-state index in [9.17, 15) is 9.90 Å². The number of fused-ring (bicyclic) bond motifs is 1. The maximum absolute atomic E-state index is 12.9. The van der Waals surface area contributed by atoms with E-state index in [1.807, 2.05) is 31.2 Å². The second-order valence-electron chi connectivity index (χ2n) is 7.77. The maximum Gasteiger partial charge on any atom is 0.231 e. The minimum Gasteiger partial charge on any atom is -0.507 e. The lowest BCUT2D eigenvalue weighted by atomic mass is 10.0. The zero-order valence-electron chi connectivity index (χ0n) is 17.0. The number of piperazine rings is 1. The number of aromatic hydroxyl groups is 1. The molecule has 4 rings (SSSR count). The van der Waals surface area contributed by atoms with Gasteiger partial charge in [-0.3, -0.25) is 4.79 Å². The van der Waals surface area contributed by atoms with Gasteiger partial charge >= 0.3 is 0 Å². The summed E-state index contributed by atoms with van der Waals surface area (Å²) in [5, 5.41) is 10.5. The van der Waals surface area contributed by atoms with Crippen LogP contribution in [0.5, 0.6) is 17.2 Å². The zero-order chi connectivity index (χ0) is 20.4. The predicted molar refractivity (Wildman–Crippen MR) is 110 cm³/mol. The van der Waals surface area contributed by atoms with Gasteiger partial charge in [0.2, 0.25) is 5.78 Å². The number of likely N-dealkylation sites (N-methyl/N-ethyl adjacent to an activating group) is 1. The Morgan fingerprint density at radius 3 is 2.52 bits per heavy atom. The van der Waals surface area contributed by atoms with Crippen molar-refractivity contribution in [2.45, 2.75) is 13.5 Å². The van der Waals surface area contributed by atoms with E-state index in [-0.39, 0.29) is 17.3 Å². The molecule has 0 saturated carbocycles. The van der Waals surface area contributed by atoms with Gasteiger partial charge in [-0.2, -0.15) is 0 Å². The molecule has 6 nitrogen and oxygen atoms in total. The van der Waals surface area contributed by atoms with Crippen molar-refractivity contribution in [3.63, 3.8) is 0 Å². The summed E-state index contributed by atoms with van der Waals surface area (Å²) in [7, 11) is 2.20. The Morgan fingerprint density at radius 1 is 1.10 bits per heavy atom. The largest absolute Gasteiger partial charge is 0.507 e. The van der Waals surface area contributed by atoms with Crippen LogP contribution in [0.4, 0.5) is 0 Å². The third kappa shape index (κ3) is 4.13. The first kappa shape index (κ1) is 19.5. The first-order chi connectivity index (χ1) is 14.0. The predicted octanol–water partition coefficient (Wildman–Crippen LogP) is 0.320. The Bertz CT molecular complexity index is 929. The van der Waals surface area contributed by atoms with Crippen LogP contribution < -0.4 is 19.3 Å². The summed E-state index contributed by atoms with van der Waals surface area (Å²) in [5.41, 5.74) is 2.11. The van der Waals surface area contributed by atoms with Gasteiger partial charge in [0.25, 0.3) is 0 Å². The van der Waals surface area contributed by atoms with Crippen molar-refractivity contribution in [1.82, 2.24) is 0 Å². The number of phenols is 1. The number of ether oxygens (including phenoxy) is 2. The zero-order valence-corrected chi connectivity index (χ0v) is 17.0. The normalized spacial score (nSPS) is 22.4. The van der Waals surface area contributed by atoms with Crippen LogP contribution in [0.2, 0.25) is 0 Å². The highest BCUT2D eigenvalue weighted by atomic mass is 16.5. The molecule has 1 fully saturated rings. The number of hydrogen-bond acceptors (Lipinski definition) is 4. The van der Waals surface area contributed by atoms with Gasteiger partial charge in [-0.15, -0.1) is 0 Å². The van der Waals surface area contributed by atoms with Gasteiger partial charge in [-0.05, 0) is 42.8 Å². The maximum atomic E-state index is 12.9. The number of rotatable bonds is 5. The van der Waals surface area contributed by atoms with E-state index in [1.54, 1.807) is 18.2 Å². The summed E-state index contributed by atoms with van der Waals surface area (Å²) in [5.74, 6) is 1.63. The highest BCUT2D eigenvalue weighted by Crippen LogP contribution is 2.39. The SMILES string of the molecule is CCOc1ccc(/C=C2\Oc3c(ccc(O)c3C[NH+]3CC[NH+](C)CC3)C2=O)cc1. The number of quaternary nitrogens is 2. The third-order valence-electron chi connectivity index (χ3n) is 5.64. The molecule has 1 saturated heterocycles. The summed E-state index contributed by atoms with van der Waals surface area (Å²) < 4.78 is 11.4. The number of nitrogens with one attached hydrogen (secondary N) is 2. The quantitative estimate of drug-likeness (QED) is 0.637. The highest BCUT2D eigenvalue weighted by molar-refractivity contribution is 6.14. The fourth-order valence-corrected chi connectivity index (χ4v) is 3.90. The van der Waals surface area contributed by atoms with Crippen LogP contribution >= 0.6 is 0 Å². The number of carbonyl (C=O) groups is 1. The van der Waals surface area contributed by atoms with Gasteiger partial charge in [-0.25, -0.2) is 0 Å². The Labute approximate surface area is 171 Å². The minimum atomic E-state index is -0.145. The van der Waals surface area contributed by atoms with E-state index >= 15 is 0 Å². The van der Waals surface area contributed by atoms with Gasteiger partial charge in [0.15, 0.2) is 11.5 Å². The van der Waals surface area contributed by atoms with Gasteiger partial charge < -0.3 is 24.4 Å². The van der Waals surface area contributed by atoms with Crippen LogP contribution in [0.15, 0.2) is 42.2 Å². The van der Waals surface area contributed by atoms with Crippen molar-refractivity contribution < 1.29 is 29.2 Å². The third-order valence-corrected chi connectivity index (χ3v) is 5.64. The molecule has 29 heavy (non-hydrogen) atoms. The smallest absolute Gasteiger partial charge is 0.231 e. The van der Waals surface area contributed by atoms with E-state index in [0.717, 1.165) is 43.1 Å². The molecule has 0 spiro atoms. The summed E-state index contributed by atoms with van der Waals surface area (Å²) in [6.07, 6.45) is 1.74. The fraction of sp³-hybridized carbons (Fsp3) is 0.348. The molecule has 2 aliphatic rings. The molecule has 2 aromatic carbocycles. The standard InChI is InChI=1S/C23H26N2O4/c1-3-28-17-6-4-16(5-7-17)14-21-22(27)18-8-9-20(26)19(23(18)29-21)15-25-12-10-24(2)11-13-25/h4-9,14,26H,3,10-13,15H2,1-2H3/p+2/b21-14-. The Morgan fingerprint density at radius 2 is 1.83 bits per heavy atom. The van der Waals surface area contributed by atoms with Crippen LogP contribution in [-0.4, -0.2) is 50.7 Å². The van der Waals surface area contributed by atoms with E-state index < -0.39 is 0 Å². The molecule has 0 unspecified atom stereocenters. The molecule has 2 aliphatic heterocycles. The Hall–Kier alpha value is -2.83.